The van der Waals surface area contributed by atoms with Gasteiger partial charge in [0.25, 0.3) is 0 Å². The first kappa shape index (κ1) is 52.4. The molecule has 0 aromatic heterocycles. The Bertz CT molecular complexity index is 635. The molecule has 0 saturated carbocycles. The summed E-state index contributed by atoms with van der Waals surface area (Å²) in [5.41, 5.74) is 0. The third-order valence-electron chi connectivity index (χ3n) is 7.52. The van der Waals surface area contributed by atoms with Crippen molar-refractivity contribution < 1.29 is 66.7 Å². The summed E-state index contributed by atoms with van der Waals surface area (Å²) in [6.45, 7) is 18.4. The molecule has 0 heterocycles. The Kier molecular flexibility index (Phi) is 48.9. The number of rotatable bonds is 49. The summed E-state index contributed by atoms with van der Waals surface area (Å²) in [6, 6.07) is 0. The molecule has 0 aromatic carbocycles. The Balaban J connectivity index is 3.05. The van der Waals surface area contributed by atoms with Crippen LogP contribution in [0.2, 0.25) is 0 Å². The minimum absolute atomic E-state index is 0.0256. The lowest BCUT2D eigenvalue weighted by atomic mass is 10.0. The summed E-state index contributed by atoms with van der Waals surface area (Å²) < 4.78 is 71.0. The first-order valence-corrected chi connectivity index (χ1v) is 20.4. The first-order valence-electron chi connectivity index (χ1n) is 20.4. The molecule has 0 saturated heterocycles. The molecule has 0 unspecified atom stereocenters. The molecule has 0 bridgehead atoms. The van der Waals surface area contributed by atoms with Gasteiger partial charge in [-0.05, 0) is 12.3 Å². The van der Waals surface area contributed by atoms with Gasteiger partial charge in [-0.1, -0.05) is 65.2 Å². The van der Waals surface area contributed by atoms with E-state index in [0.717, 1.165) is 18.9 Å². The zero-order valence-corrected chi connectivity index (χ0v) is 33.8. The van der Waals surface area contributed by atoms with Crippen LogP contribution >= 0.6 is 0 Å². The Morgan fingerprint density at radius 3 is 0.660 bits per heavy atom. The van der Waals surface area contributed by atoms with Gasteiger partial charge >= 0.3 is 0 Å². The van der Waals surface area contributed by atoms with Crippen molar-refractivity contribution in [3.63, 3.8) is 0 Å². The molecule has 53 heavy (non-hydrogen) atoms. The van der Waals surface area contributed by atoms with Gasteiger partial charge in [0, 0.05) is 6.61 Å². The molecule has 0 spiro atoms. The van der Waals surface area contributed by atoms with Gasteiger partial charge < -0.3 is 66.7 Å². The molecule has 0 aliphatic heterocycles. The Morgan fingerprint density at radius 1 is 0.245 bits per heavy atom. The van der Waals surface area contributed by atoms with Crippen LogP contribution in [0.4, 0.5) is 0 Å². The van der Waals surface area contributed by atoms with E-state index in [4.69, 9.17) is 66.7 Å². The lowest BCUT2D eigenvalue weighted by molar-refractivity contribution is -0.0292. The number of hydrogen-bond acceptors (Lipinski definition) is 14. The van der Waals surface area contributed by atoms with Crippen molar-refractivity contribution in [3.8, 4) is 0 Å². The number of aliphatic hydroxyl groups excluding tert-OH is 1. The van der Waals surface area contributed by atoms with Gasteiger partial charge in [0.1, 0.15) is 0 Å². The first-order chi connectivity index (χ1) is 26.3. The summed E-state index contributed by atoms with van der Waals surface area (Å²) >= 11 is 0. The fourth-order valence-electron chi connectivity index (χ4n) is 4.62. The summed E-state index contributed by atoms with van der Waals surface area (Å²) in [5, 5.41) is 8.59. The highest BCUT2D eigenvalue weighted by Gasteiger charge is 1.98. The van der Waals surface area contributed by atoms with Gasteiger partial charge in [-0.2, -0.15) is 0 Å². The Morgan fingerprint density at radius 2 is 0.434 bits per heavy atom. The molecule has 320 valence electrons. The molecule has 14 heteroatoms. The zero-order chi connectivity index (χ0) is 38.2. The summed E-state index contributed by atoms with van der Waals surface area (Å²) in [5.74, 6) is 0.844. The van der Waals surface area contributed by atoms with E-state index in [1.807, 2.05) is 0 Å². The maximum Gasteiger partial charge on any atom is 0.0701 e. The van der Waals surface area contributed by atoms with Crippen LogP contribution < -0.4 is 0 Å². The molecule has 0 aromatic rings. The van der Waals surface area contributed by atoms with Crippen molar-refractivity contribution in [2.75, 3.05) is 178 Å². The predicted molar refractivity (Wildman–Crippen MR) is 204 cm³/mol. The van der Waals surface area contributed by atoms with Gasteiger partial charge in [0.2, 0.25) is 0 Å². The standard InChI is InChI=1S/C39H80O14/c1-39(2)11-9-7-5-3-4-6-8-10-13-41-15-17-43-19-21-45-23-25-47-27-29-49-31-33-51-35-37-53-38-36-52-34-32-50-30-28-48-26-24-46-22-20-44-18-16-42-14-12-40/h39-40H,3-38H2,1-2H3. The minimum atomic E-state index is 0.0256. The predicted octanol–water partition coefficient (Wildman–Crippen LogP) is 4.36. The SMILES string of the molecule is CC(C)CCCCCCCCCCOCCOCCOCCOCCOCCOCCOCCOCCOCCOCCOCCOCCOCCO. The van der Waals surface area contributed by atoms with Crippen LogP contribution in [0.1, 0.15) is 71.6 Å². The van der Waals surface area contributed by atoms with Crippen molar-refractivity contribution in [3.05, 3.63) is 0 Å². The average molecular weight is 773 g/mol. The van der Waals surface area contributed by atoms with E-state index in [0.29, 0.717) is 165 Å². The van der Waals surface area contributed by atoms with Gasteiger partial charge in [-0.25, -0.2) is 0 Å². The quantitative estimate of drug-likeness (QED) is 0.0876. The second-order valence-corrected chi connectivity index (χ2v) is 12.7. The highest BCUT2D eigenvalue weighted by molar-refractivity contribution is 4.50. The second-order valence-electron chi connectivity index (χ2n) is 12.7. The summed E-state index contributed by atoms with van der Waals surface area (Å²) in [4.78, 5) is 0. The van der Waals surface area contributed by atoms with Crippen molar-refractivity contribution in [2.24, 2.45) is 5.92 Å². The fourth-order valence-corrected chi connectivity index (χ4v) is 4.62. The van der Waals surface area contributed by atoms with E-state index in [-0.39, 0.29) is 6.61 Å². The molecule has 0 aliphatic carbocycles. The molecule has 0 atom stereocenters. The highest BCUT2D eigenvalue weighted by atomic mass is 16.6. The monoisotopic (exact) mass is 773 g/mol. The van der Waals surface area contributed by atoms with Crippen molar-refractivity contribution in [2.45, 2.75) is 71.6 Å². The van der Waals surface area contributed by atoms with Gasteiger partial charge in [0.15, 0.2) is 0 Å². The lowest BCUT2D eigenvalue weighted by Gasteiger charge is -2.09. The van der Waals surface area contributed by atoms with Crippen molar-refractivity contribution in [1.82, 2.24) is 0 Å². The Hall–Kier alpha value is -0.560. The van der Waals surface area contributed by atoms with Gasteiger partial charge in [-0.3, -0.25) is 0 Å². The van der Waals surface area contributed by atoms with Crippen LogP contribution in [-0.2, 0) is 61.6 Å². The van der Waals surface area contributed by atoms with Crippen LogP contribution in [-0.4, -0.2) is 183 Å². The minimum Gasteiger partial charge on any atom is -0.394 e. The van der Waals surface area contributed by atoms with Crippen LogP contribution in [0.5, 0.6) is 0 Å². The van der Waals surface area contributed by atoms with Gasteiger partial charge in [0.05, 0.1) is 172 Å². The largest absolute Gasteiger partial charge is 0.394 e. The van der Waals surface area contributed by atoms with Crippen molar-refractivity contribution in [1.29, 1.82) is 0 Å². The van der Waals surface area contributed by atoms with Crippen LogP contribution in [0.15, 0.2) is 0 Å². The number of ether oxygens (including phenoxy) is 13. The molecular formula is C39H80O14. The second kappa shape index (κ2) is 49.5. The van der Waals surface area contributed by atoms with Crippen LogP contribution in [0.3, 0.4) is 0 Å². The summed E-state index contributed by atoms with van der Waals surface area (Å²) in [7, 11) is 0. The number of hydrogen-bond donors (Lipinski definition) is 1. The maximum absolute atomic E-state index is 8.59. The Labute approximate surface area is 322 Å². The van der Waals surface area contributed by atoms with E-state index in [9.17, 15) is 0 Å². The molecule has 0 rings (SSSR count). The third-order valence-corrected chi connectivity index (χ3v) is 7.52. The average Bonchev–Trinajstić information content (AvgIpc) is 3.15. The van der Waals surface area contributed by atoms with E-state index < -0.39 is 0 Å². The van der Waals surface area contributed by atoms with Gasteiger partial charge in [-0.15, -0.1) is 0 Å². The van der Waals surface area contributed by atoms with Crippen LogP contribution in [0.25, 0.3) is 0 Å². The molecule has 14 nitrogen and oxygen atoms in total. The maximum atomic E-state index is 8.59. The number of aliphatic hydroxyl groups is 1. The topological polar surface area (TPSA) is 140 Å². The summed E-state index contributed by atoms with van der Waals surface area (Å²) in [6.07, 6.45) is 12.0. The molecule has 0 amide bonds. The smallest absolute Gasteiger partial charge is 0.0701 e. The third kappa shape index (κ3) is 51.4. The zero-order valence-electron chi connectivity index (χ0n) is 33.8. The lowest BCUT2D eigenvalue weighted by Crippen LogP contribution is -2.15. The molecule has 1 N–H and O–H groups in total. The molecular weight excluding hydrogens is 692 g/mol. The molecule has 0 aliphatic rings. The van der Waals surface area contributed by atoms with Crippen molar-refractivity contribution >= 4 is 0 Å². The number of unbranched alkanes of at least 4 members (excludes halogenated alkanes) is 7. The van der Waals surface area contributed by atoms with E-state index in [2.05, 4.69) is 13.8 Å². The molecule has 0 radical (unpaired) electrons. The van der Waals surface area contributed by atoms with E-state index >= 15 is 0 Å². The van der Waals surface area contributed by atoms with E-state index in [1.54, 1.807) is 0 Å². The fraction of sp³-hybridized carbons (Fsp3) is 1.00. The highest BCUT2D eigenvalue weighted by Crippen LogP contribution is 2.12. The van der Waals surface area contributed by atoms with E-state index in [1.165, 1.54) is 51.4 Å². The normalized spacial score (nSPS) is 11.8. The van der Waals surface area contributed by atoms with Crippen LogP contribution in [0, 0.1) is 5.92 Å². The molecule has 0 fully saturated rings.